The summed E-state index contributed by atoms with van der Waals surface area (Å²) in [7, 11) is 0. The summed E-state index contributed by atoms with van der Waals surface area (Å²) in [5.41, 5.74) is 1.67. The number of hydrogen-bond donors (Lipinski definition) is 0. The lowest BCUT2D eigenvalue weighted by atomic mass is 10.2. The van der Waals surface area contributed by atoms with Crippen LogP contribution in [0.3, 0.4) is 0 Å². The Hall–Kier alpha value is -1.94. The second-order valence-electron chi connectivity index (χ2n) is 3.77. The third kappa shape index (κ3) is 3.05. The van der Waals surface area contributed by atoms with Gasteiger partial charge in [0, 0.05) is 4.90 Å². The van der Waals surface area contributed by atoms with Crippen molar-refractivity contribution in [1.82, 2.24) is 4.98 Å². The van der Waals surface area contributed by atoms with Crippen LogP contribution in [0.5, 0.6) is 0 Å². The van der Waals surface area contributed by atoms with Gasteiger partial charge in [-0.05, 0) is 43.0 Å². The van der Waals surface area contributed by atoms with Crippen molar-refractivity contribution in [2.24, 2.45) is 0 Å². The van der Waals surface area contributed by atoms with E-state index < -0.39 is 0 Å². The predicted octanol–water partition coefficient (Wildman–Crippen LogP) is 3.14. The largest absolute Gasteiger partial charge is 0.296 e. The monoisotopic (exact) mass is 257 g/mol. The van der Waals surface area contributed by atoms with Gasteiger partial charge in [-0.1, -0.05) is 23.8 Å². The van der Waals surface area contributed by atoms with Crippen LogP contribution in [-0.2, 0) is 0 Å². The van der Waals surface area contributed by atoms with Gasteiger partial charge in [-0.3, -0.25) is 9.59 Å². The highest BCUT2D eigenvalue weighted by molar-refractivity contribution is 8.14. The highest BCUT2D eigenvalue weighted by atomic mass is 32.2. The van der Waals surface area contributed by atoms with E-state index in [1.807, 2.05) is 31.2 Å². The van der Waals surface area contributed by atoms with Crippen LogP contribution in [0.2, 0.25) is 0 Å². The summed E-state index contributed by atoms with van der Waals surface area (Å²) in [5.74, 6) is 0. The molecule has 0 aliphatic rings. The standard InChI is InChI=1S/C14H11NO2S/c1-10-4-2-6-12(8-10)18-14(17)13-7-3-5-11(9-16)15-13/h2-9H,1H3. The van der Waals surface area contributed by atoms with Crippen LogP contribution >= 0.6 is 11.8 Å². The smallest absolute Gasteiger partial charge is 0.242 e. The second kappa shape index (κ2) is 5.60. The first-order valence-corrected chi connectivity index (χ1v) is 6.22. The van der Waals surface area contributed by atoms with Crippen molar-refractivity contribution in [1.29, 1.82) is 0 Å². The molecule has 1 aromatic heterocycles. The average molecular weight is 257 g/mol. The molecule has 18 heavy (non-hydrogen) atoms. The Morgan fingerprint density at radius 2 is 2.00 bits per heavy atom. The Morgan fingerprint density at radius 3 is 2.72 bits per heavy atom. The highest BCUT2D eigenvalue weighted by Gasteiger charge is 2.10. The van der Waals surface area contributed by atoms with Crippen molar-refractivity contribution in [2.75, 3.05) is 0 Å². The van der Waals surface area contributed by atoms with Crippen molar-refractivity contribution in [3.05, 3.63) is 59.4 Å². The number of carbonyl (C=O) groups is 2. The number of aromatic nitrogens is 1. The molecule has 3 nitrogen and oxygen atoms in total. The molecule has 1 heterocycles. The number of aldehydes is 1. The van der Waals surface area contributed by atoms with Crippen molar-refractivity contribution < 1.29 is 9.59 Å². The molecule has 0 saturated heterocycles. The van der Waals surface area contributed by atoms with Crippen molar-refractivity contribution >= 4 is 23.2 Å². The van der Waals surface area contributed by atoms with Gasteiger partial charge in [0.15, 0.2) is 6.29 Å². The lowest BCUT2D eigenvalue weighted by molar-refractivity contribution is 0.108. The zero-order chi connectivity index (χ0) is 13.0. The summed E-state index contributed by atoms with van der Waals surface area (Å²) in [6.45, 7) is 1.97. The Kier molecular flexibility index (Phi) is 3.89. The fourth-order valence-electron chi connectivity index (χ4n) is 1.47. The van der Waals surface area contributed by atoms with E-state index >= 15 is 0 Å². The summed E-state index contributed by atoms with van der Waals surface area (Å²) in [5, 5.41) is -0.163. The third-order valence-corrected chi connectivity index (χ3v) is 3.18. The van der Waals surface area contributed by atoms with Crippen LogP contribution in [-0.4, -0.2) is 16.4 Å². The topological polar surface area (TPSA) is 47.0 Å². The fourth-order valence-corrected chi connectivity index (χ4v) is 2.29. The van der Waals surface area contributed by atoms with E-state index in [1.54, 1.807) is 18.2 Å². The number of nitrogens with zero attached hydrogens (tertiary/aromatic N) is 1. The first-order chi connectivity index (χ1) is 8.69. The van der Waals surface area contributed by atoms with Gasteiger partial charge in [0.25, 0.3) is 0 Å². The molecule has 0 unspecified atom stereocenters. The molecule has 4 heteroatoms. The molecule has 0 spiro atoms. The summed E-state index contributed by atoms with van der Waals surface area (Å²) in [6.07, 6.45) is 0.633. The van der Waals surface area contributed by atoms with Gasteiger partial charge in [-0.25, -0.2) is 4.98 Å². The number of aryl methyl sites for hydroxylation is 1. The first kappa shape index (κ1) is 12.5. The van der Waals surface area contributed by atoms with E-state index in [0.29, 0.717) is 12.0 Å². The summed E-state index contributed by atoms with van der Waals surface area (Å²) in [6, 6.07) is 12.5. The molecule has 2 rings (SSSR count). The molecular formula is C14H11NO2S. The SMILES string of the molecule is Cc1cccc(SC(=O)c2cccc(C=O)n2)c1. The highest BCUT2D eigenvalue weighted by Crippen LogP contribution is 2.22. The van der Waals surface area contributed by atoms with Gasteiger partial charge in [0.2, 0.25) is 5.12 Å². The Bertz CT molecular complexity index is 596. The van der Waals surface area contributed by atoms with E-state index in [1.165, 1.54) is 0 Å². The van der Waals surface area contributed by atoms with Crippen molar-refractivity contribution in [3.8, 4) is 0 Å². The van der Waals surface area contributed by atoms with Crippen LogP contribution in [0.4, 0.5) is 0 Å². The lowest BCUT2D eigenvalue weighted by Crippen LogP contribution is -1.99. The molecular weight excluding hydrogens is 246 g/mol. The van der Waals surface area contributed by atoms with Crippen molar-refractivity contribution in [3.63, 3.8) is 0 Å². The Labute approximate surface area is 109 Å². The van der Waals surface area contributed by atoms with Gasteiger partial charge < -0.3 is 0 Å². The zero-order valence-electron chi connectivity index (χ0n) is 9.79. The molecule has 0 amide bonds. The van der Waals surface area contributed by atoms with Crippen LogP contribution in [0, 0.1) is 6.92 Å². The molecule has 0 aliphatic heterocycles. The van der Waals surface area contributed by atoms with Crippen molar-refractivity contribution in [2.45, 2.75) is 11.8 Å². The molecule has 0 fully saturated rings. The number of hydrogen-bond acceptors (Lipinski definition) is 4. The number of carbonyl (C=O) groups excluding carboxylic acids is 2. The molecule has 1 aromatic carbocycles. The molecule has 0 saturated carbocycles. The van der Waals surface area contributed by atoms with Gasteiger partial charge in [-0.15, -0.1) is 0 Å². The number of benzene rings is 1. The van der Waals surface area contributed by atoms with Gasteiger partial charge >= 0.3 is 0 Å². The second-order valence-corrected chi connectivity index (χ2v) is 4.82. The Morgan fingerprint density at radius 1 is 1.22 bits per heavy atom. The predicted molar refractivity (Wildman–Crippen MR) is 71.0 cm³/mol. The number of thioether (sulfide) groups is 1. The quantitative estimate of drug-likeness (QED) is 0.626. The van der Waals surface area contributed by atoms with E-state index in [9.17, 15) is 9.59 Å². The molecule has 0 N–H and O–H groups in total. The molecule has 2 aromatic rings. The molecule has 90 valence electrons. The summed E-state index contributed by atoms with van der Waals surface area (Å²) >= 11 is 1.11. The maximum Gasteiger partial charge on any atom is 0.242 e. The molecule has 0 atom stereocenters. The van der Waals surface area contributed by atoms with Crippen LogP contribution in [0.25, 0.3) is 0 Å². The van der Waals surface area contributed by atoms with Crippen LogP contribution in [0.15, 0.2) is 47.4 Å². The maximum atomic E-state index is 12.0. The minimum absolute atomic E-state index is 0.163. The summed E-state index contributed by atoms with van der Waals surface area (Å²) < 4.78 is 0. The number of rotatable bonds is 3. The zero-order valence-corrected chi connectivity index (χ0v) is 10.6. The molecule has 0 bridgehead atoms. The van der Waals surface area contributed by atoms with Crippen LogP contribution < -0.4 is 0 Å². The molecule has 0 radical (unpaired) electrons. The van der Waals surface area contributed by atoms with E-state index in [2.05, 4.69) is 4.98 Å². The third-order valence-electron chi connectivity index (χ3n) is 2.30. The maximum absolute atomic E-state index is 12.0. The van der Waals surface area contributed by atoms with Gasteiger partial charge in [0.1, 0.15) is 11.4 Å². The fraction of sp³-hybridized carbons (Fsp3) is 0.0714. The van der Waals surface area contributed by atoms with Gasteiger partial charge in [-0.2, -0.15) is 0 Å². The minimum Gasteiger partial charge on any atom is -0.296 e. The lowest BCUT2D eigenvalue weighted by Gasteiger charge is -2.01. The average Bonchev–Trinajstić information content (AvgIpc) is 2.39. The van der Waals surface area contributed by atoms with E-state index in [0.717, 1.165) is 22.2 Å². The Balaban J connectivity index is 2.19. The number of pyridine rings is 1. The minimum atomic E-state index is -0.163. The van der Waals surface area contributed by atoms with E-state index in [-0.39, 0.29) is 10.8 Å². The normalized spacial score (nSPS) is 10.1. The molecule has 0 aliphatic carbocycles. The van der Waals surface area contributed by atoms with Crippen LogP contribution in [0.1, 0.15) is 26.5 Å². The van der Waals surface area contributed by atoms with Gasteiger partial charge in [0.05, 0.1) is 0 Å². The first-order valence-electron chi connectivity index (χ1n) is 5.40. The summed E-state index contributed by atoms with van der Waals surface area (Å²) in [4.78, 5) is 27.4. The van der Waals surface area contributed by atoms with E-state index in [4.69, 9.17) is 0 Å².